The summed E-state index contributed by atoms with van der Waals surface area (Å²) in [6, 6.07) is 7.72. The van der Waals surface area contributed by atoms with Gasteiger partial charge in [-0.05, 0) is 30.7 Å². The standard InChI is InChI=1S/C17H20ClNO5S/c1-11-8-12(6-7-15(11)22-3)25(20,21)19(2)14-10-16(23-4)13(18)9-17(14)24-5/h6-10H,1-5H3. The zero-order chi connectivity index (χ0) is 18.8. The van der Waals surface area contributed by atoms with E-state index < -0.39 is 10.0 Å². The maximum absolute atomic E-state index is 13.0. The van der Waals surface area contributed by atoms with Crippen LogP contribution in [0.4, 0.5) is 5.69 Å². The number of methoxy groups -OCH3 is 3. The molecule has 0 spiro atoms. The van der Waals surface area contributed by atoms with Crippen molar-refractivity contribution >= 4 is 27.3 Å². The molecule has 0 heterocycles. The molecule has 0 radical (unpaired) electrons. The van der Waals surface area contributed by atoms with Crippen molar-refractivity contribution in [2.24, 2.45) is 0 Å². The summed E-state index contributed by atoms with van der Waals surface area (Å²) < 4.78 is 42.7. The van der Waals surface area contributed by atoms with E-state index >= 15 is 0 Å². The number of hydrogen-bond donors (Lipinski definition) is 0. The molecular formula is C17H20ClNO5S. The third-order valence-corrected chi connectivity index (χ3v) is 5.88. The number of halogens is 1. The van der Waals surface area contributed by atoms with Crippen molar-refractivity contribution in [2.45, 2.75) is 11.8 Å². The molecule has 0 bridgehead atoms. The second-order valence-corrected chi connectivity index (χ2v) is 7.64. The fraction of sp³-hybridized carbons (Fsp3) is 0.294. The Morgan fingerprint density at radius 3 is 2.04 bits per heavy atom. The summed E-state index contributed by atoms with van der Waals surface area (Å²) in [7, 11) is 2.07. The average molecular weight is 386 g/mol. The molecule has 0 saturated heterocycles. The molecule has 2 aromatic rings. The van der Waals surface area contributed by atoms with E-state index in [1.54, 1.807) is 19.1 Å². The summed E-state index contributed by atoms with van der Waals surface area (Å²) in [5, 5.41) is 0.328. The molecule has 0 atom stereocenters. The van der Waals surface area contributed by atoms with Gasteiger partial charge in [0.05, 0.1) is 36.9 Å². The van der Waals surface area contributed by atoms with E-state index in [0.29, 0.717) is 28.0 Å². The Labute approximate surface area is 152 Å². The maximum atomic E-state index is 13.0. The summed E-state index contributed by atoms with van der Waals surface area (Å²) in [6.45, 7) is 1.78. The molecule has 2 aromatic carbocycles. The summed E-state index contributed by atoms with van der Waals surface area (Å²) in [6.07, 6.45) is 0. The van der Waals surface area contributed by atoms with Crippen molar-refractivity contribution in [2.75, 3.05) is 32.7 Å². The Kier molecular flexibility index (Phi) is 5.69. The Morgan fingerprint density at radius 2 is 1.52 bits per heavy atom. The molecule has 25 heavy (non-hydrogen) atoms. The predicted molar refractivity (Wildman–Crippen MR) is 97.9 cm³/mol. The number of nitrogens with zero attached hydrogens (tertiary/aromatic N) is 1. The highest BCUT2D eigenvalue weighted by Crippen LogP contribution is 2.39. The Balaban J connectivity index is 2.55. The second-order valence-electron chi connectivity index (χ2n) is 5.26. The largest absolute Gasteiger partial charge is 0.496 e. The molecule has 0 aliphatic carbocycles. The first-order valence-electron chi connectivity index (χ1n) is 7.31. The fourth-order valence-corrected chi connectivity index (χ4v) is 3.90. The molecule has 0 aliphatic heterocycles. The molecule has 0 aliphatic rings. The van der Waals surface area contributed by atoms with Gasteiger partial charge in [-0.1, -0.05) is 11.6 Å². The third kappa shape index (κ3) is 3.62. The van der Waals surface area contributed by atoms with Crippen molar-refractivity contribution in [1.82, 2.24) is 0 Å². The molecule has 0 unspecified atom stereocenters. The lowest BCUT2D eigenvalue weighted by atomic mass is 10.2. The monoisotopic (exact) mass is 385 g/mol. The highest BCUT2D eigenvalue weighted by molar-refractivity contribution is 7.92. The van der Waals surface area contributed by atoms with Crippen molar-refractivity contribution in [3.8, 4) is 17.2 Å². The summed E-state index contributed by atoms with van der Waals surface area (Å²) in [5.41, 5.74) is 1.04. The van der Waals surface area contributed by atoms with Crippen molar-refractivity contribution in [3.63, 3.8) is 0 Å². The quantitative estimate of drug-likeness (QED) is 0.761. The highest BCUT2D eigenvalue weighted by Gasteiger charge is 2.26. The van der Waals surface area contributed by atoms with E-state index in [2.05, 4.69) is 0 Å². The summed E-state index contributed by atoms with van der Waals surface area (Å²) in [5.74, 6) is 1.29. The zero-order valence-electron chi connectivity index (χ0n) is 14.7. The van der Waals surface area contributed by atoms with E-state index in [1.807, 2.05) is 0 Å². The van der Waals surface area contributed by atoms with Crippen molar-refractivity contribution in [3.05, 3.63) is 40.9 Å². The van der Waals surface area contributed by atoms with Crippen LogP contribution in [0.3, 0.4) is 0 Å². The molecule has 0 amide bonds. The van der Waals surface area contributed by atoms with Crippen LogP contribution < -0.4 is 18.5 Å². The van der Waals surface area contributed by atoms with Crippen LogP contribution in [-0.4, -0.2) is 36.8 Å². The van der Waals surface area contributed by atoms with Crippen molar-refractivity contribution < 1.29 is 22.6 Å². The lowest BCUT2D eigenvalue weighted by Crippen LogP contribution is -2.27. The molecule has 6 nitrogen and oxygen atoms in total. The Hall–Kier alpha value is -2.12. The minimum absolute atomic E-state index is 0.143. The fourth-order valence-electron chi connectivity index (χ4n) is 2.39. The molecule has 8 heteroatoms. The smallest absolute Gasteiger partial charge is 0.264 e. The van der Waals surface area contributed by atoms with E-state index in [1.165, 1.54) is 46.6 Å². The number of aryl methyl sites for hydroxylation is 1. The normalized spacial score (nSPS) is 11.1. The van der Waals surface area contributed by atoms with E-state index in [9.17, 15) is 8.42 Å². The van der Waals surface area contributed by atoms with Crippen LogP contribution in [0.5, 0.6) is 17.2 Å². The summed E-state index contributed by atoms with van der Waals surface area (Å²) >= 11 is 6.08. The minimum atomic E-state index is -3.81. The lowest BCUT2D eigenvalue weighted by Gasteiger charge is -2.23. The van der Waals surface area contributed by atoms with Gasteiger partial charge in [0, 0.05) is 19.2 Å². The second kappa shape index (κ2) is 7.41. The van der Waals surface area contributed by atoms with Crippen LogP contribution in [0.15, 0.2) is 35.2 Å². The first-order valence-corrected chi connectivity index (χ1v) is 9.13. The Morgan fingerprint density at radius 1 is 0.920 bits per heavy atom. The van der Waals surface area contributed by atoms with Gasteiger partial charge in [-0.25, -0.2) is 8.42 Å². The number of anilines is 1. The molecule has 136 valence electrons. The number of benzene rings is 2. The topological polar surface area (TPSA) is 65.1 Å². The van der Waals surface area contributed by atoms with Gasteiger partial charge in [-0.3, -0.25) is 4.31 Å². The van der Waals surface area contributed by atoms with Gasteiger partial charge in [-0.15, -0.1) is 0 Å². The molecule has 0 aromatic heterocycles. The van der Waals surface area contributed by atoms with Crippen LogP contribution in [0.1, 0.15) is 5.56 Å². The van der Waals surface area contributed by atoms with Crippen molar-refractivity contribution in [1.29, 1.82) is 0 Å². The highest BCUT2D eigenvalue weighted by atomic mass is 35.5. The average Bonchev–Trinajstić information content (AvgIpc) is 2.60. The van der Waals surface area contributed by atoms with Gasteiger partial charge in [0.1, 0.15) is 17.2 Å². The first-order chi connectivity index (χ1) is 11.8. The van der Waals surface area contributed by atoms with Gasteiger partial charge in [-0.2, -0.15) is 0 Å². The molecular weight excluding hydrogens is 366 g/mol. The number of rotatable bonds is 6. The molecule has 2 rings (SSSR count). The number of hydrogen-bond acceptors (Lipinski definition) is 5. The van der Waals surface area contributed by atoms with E-state index in [0.717, 1.165) is 9.87 Å². The maximum Gasteiger partial charge on any atom is 0.264 e. The SMILES string of the molecule is COc1ccc(S(=O)(=O)N(C)c2cc(OC)c(Cl)cc2OC)cc1C. The number of sulfonamides is 1. The molecule has 0 N–H and O–H groups in total. The first kappa shape index (κ1) is 19.2. The van der Waals surface area contributed by atoms with Crippen LogP contribution >= 0.6 is 11.6 Å². The number of ether oxygens (including phenoxy) is 3. The summed E-state index contributed by atoms with van der Waals surface area (Å²) in [4.78, 5) is 0.143. The van der Waals surface area contributed by atoms with Gasteiger partial charge < -0.3 is 14.2 Å². The van der Waals surface area contributed by atoms with E-state index in [-0.39, 0.29) is 4.90 Å². The predicted octanol–water partition coefficient (Wildman–Crippen LogP) is 3.50. The van der Waals surface area contributed by atoms with E-state index in [4.69, 9.17) is 25.8 Å². The van der Waals surface area contributed by atoms with Crippen LogP contribution in [0.25, 0.3) is 0 Å². The lowest BCUT2D eigenvalue weighted by molar-refractivity contribution is 0.404. The van der Waals surface area contributed by atoms with Gasteiger partial charge >= 0.3 is 0 Å². The minimum Gasteiger partial charge on any atom is -0.496 e. The van der Waals surface area contributed by atoms with Gasteiger partial charge in [0.25, 0.3) is 10.0 Å². The van der Waals surface area contributed by atoms with Crippen LogP contribution in [0, 0.1) is 6.92 Å². The third-order valence-electron chi connectivity index (χ3n) is 3.82. The van der Waals surface area contributed by atoms with Crippen LogP contribution in [-0.2, 0) is 10.0 Å². The van der Waals surface area contributed by atoms with Crippen LogP contribution in [0.2, 0.25) is 5.02 Å². The Bertz CT molecular complexity index is 883. The molecule has 0 saturated carbocycles. The van der Waals surface area contributed by atoms with Gasteiger partial charge in [0.2, 0.25) is 0 Å². The van der Waals surface area contributed by atoms with Gasteiger partial charge in [0.15, 0.2) is 0 Å². The molecule has 0 fully saturated rings. The zero-order valence-corrected chi connectivity index (χ0v) is 16.2.